The van der Waals surface area contributed by atoms with Crippen molar-refractivity contribution in [2.75, 3.05) is 10.6 Å². The zero-order valence-corrected chi connectivity index (χ0v) is 12.9. The molecule has 2 aliphatic rings. The lowest BCUT2D eigenvalue weighted by atomic mass is 10.3. The molecule has 0 saturated carbocycles. The second-order valence-corrected chi connectivity index (χ2v) is 6.87. The summed E-state index contributed by atoms with van der Waals surface area (Å²) in [6.07, 6.45) is 0. The fourth-order valence-corrected chi connectivity index (χ4v) is 4.39. The third kappa shape index (κ3) is 2.20. The molecule has 0 spiro atoms. The molecule has 4 rings (SSSR count). The van der Waals surface area contributed by atoms with Crippen molar-refractivity contribution in [3.63, 3.8) is 0 Å². The van der Waals surface area contributed by atoms with Gasteiger partial charge in [-0.3, -0.25) is 9.59 Å². The van der Waals surface area contributed by atoms with Crippen LogP contribution in [0.15, 0.2) is 68.1 Å². The number of carbonyl (C=O) groups excluding carboxylic acids is 2. The number of thioether (sulfide) groups is 2. The van der Waals surface area contributed by atoms with Crippen LogP contribution in [0.2, 0.25) is 0 Å². The molecule has 0 atom stereocenters. The first-order valence-electron chi connectivity index (χ1n) is 6.63. The van der Waals surface area contributed by atoms with Crippen molar-refractivity contribution >= 4 is 46.7 Å². The summed E-state index contributed by atoms with van der Waals surface area (Å²) < 4.78 is 0. The van der Waals surface area contributed by atoms with Gasteiger partial charge in [-0.2, -0.15) is 0 Å². The fourth-order valence-electron chi connectivity index (χ4n) is 2.29. The summed E-state index contributed by atoms with van der Waals surface area (Å²) in [6, 6.07) is 15.1. The Morgan fingerprint density at radius 3 is 1.50 bits per heavy atom. The number of fused-ring (bicyclic) bond motifs is 2. The van der Waals surface area contributed by atoms with Gasteiger partial charge in [0, 0.05) is 9.79 Å². The van der Waals surface area contributed by atoms with Gasteiger partial charge in [-0.1, -0.05) is 47.8 Å². The summed E-state index contributed by atoms with van der Waals surface area (Å²) in [6.45, 7) is 0. The molecule has 0 radical (unpaired) electrons. The fraction of sp³-hybridized carbons (Fsp3) is 0. The van der Waals surface area contributed by atoms with E-state index in [0.29, 0.717) is 9.81 Å². The van der Waals surface area contributed by atoms with Gasteiger partial charge >= 0.3 is 0 Å². The van der Waals surface area contributed by atoms with Gasteiger partial charge in [0.2, 0.25) is 0 Å². The highest BCUT2D eigenvalue weighted by Crippen LogP contribution is 2.46. The second-order valence-electron chi connectivity index (χ2n) is 4.76. The van der Waals surface area contributed by atoms with Crippen LogP contribution < -0.4 is 10.6 Å². The van der Waals surface area contributed by atoms with E-state index in [1.165, 1.54) is 23.5 Å². The SMILES string of the molecule is O=C1Nc2ccccc2SC1=C1Sc2ccccc2NC1=O. The van der Waals surface area contributed by atoms with Crippen LogP contribution in [-0.2, 0) is 9.59 Å². The maximum absolute atomic E-state index is 12.3. The van der Waals surface area contributed by atoms with Crippen LogP contribution in [0.3, 0.4) is 0 Å². The van der Waals surface area contributed by atoms with Gasteiger partial charge in [0.05, 0.1) is 21.2 Å². The Kier molecular flexibility index (Phi) is 3.20. The Morgan fingerprint density at radius 2 is 1.05 bits per heavy atom. The van der Waals surface area contributed by atoms with Crippen LogP contribution in [0.25, 0.3) is 0 Å². The smallest absolute Gasteiger partial charge is 0.263 e. The number of hydrogen-bond donors (Lipinski definition) is 2. The van der Waals surface area contributed by atoms with Gasteiger partial charge in [-0.25, -0.2) is 0 Å². The first-order valence-corrected chi connectivity index (χ1v) is 8.26. The Labute approximate surface area is 135 Å². The third-order valence-electron chi connectivity index (χ3n) is 3.31. The van der Waals surface area contributed by atoms with Crippen LogP contribution in [0.4, 0.5) is 11.4 Å². The molecule has 2 heterocycles. The number of hydrogen-bond acceptors (Lipinski definition) is 4. The van der Waals surface area contributed by atoms with E-state index in [1.807, 2.05) is 48.5 Å². The van der Waals surface area contributed by atoms with Crippen LogP contribution in [0, 0.1) is 0 Å². The molecule has 0 aromatic heterocycles. The minimum atomic E-state index is -0.235. The van der Waals surface area contributed by atoms with E-state index in [1.54, 1.807) is 0 Å². The minimum Gasteiger partial charge on any atom is -0.320 e. The molecule has 2 aromatic rings. The monoisotopic (exact) mass is 326 g/mol. The van der Waals surface area contributed by atoms with Crippen molar-refractivity contribution in [2.24, 2.45) is 0 Å². The highest BCUT2D eigenvalue weighted by Gasteiger charge is 2.30. The minimum absolute atomic E-state index is 0.235. The maximum atomic E-state index is 12.3. The van der Waals surface area contributed by atoms with E-state index in [2.05, 4.69) is 10.6 Å². The molecule has 0 unspecified atom stereocenters. The van der Waals surface area contributed by atoms with Gasteiger partial charge in [0.15, 0.2) is 0 Å². The van der Waals surface area contributed by atoms with Crippen LogP contribution in [0.1, 0.15) is 0 Å². The summed E-state index contributed by atoms with van der Waals surface area (Å²) in [5.41, 5.74) is 1.56. The summed E-state index contributed by atoms with van der Waals surface area (Å²) in [5, 5.41) is 5.68. The molecule has 2 N–H and O–H groups in total. The molecule has 0 aliphatic carbocycles. The zero-order chi connectivity index (χ0) is 15.1. The molecule has 4 nitrogen and oxygen atoms in total. The van der Waals surface area contributed by atoms with Crippen molar-refractivity contribution in [3.05, 3.63) is 58.3 Å². The molecular formula is C16H10N2O2S2. The molecule has 108 valence electrons. The number of anilines is 2. The van der Waals surface area contributed by atoms with Crippen molar-refractivity contribution in [1.82, 2.24) is 0 Å². The van der Waals surface area contributed by atoms with Crippen LogP contribution >= 0.6 is 23.5 Å². The number of nitrogens with one attached hydrogen (secondary N) is 2. The normalized spacial score (nSPS) is 19.8. The first-order chi connectivity index (χ1) is 10.7. The zero-order valence-electron chi connectivity index (χ0n) is 11.3. The summed E-state index contributed by atoms with van der Waals surface area (Å²) >= 11 is 2.67. The standard InChI is InChI=1S/C16H10N2O2S2/c19-15-13(21-11-7-3-1-5-9(11)17-15)14-16(20)18-10-6-2-4-8-12(10)22-14/h1-8H,(H,17,19)(H,18,20). The summed E-state index contributed by atoms with van der Waals surface area (Å²) in [7, 11) is 0. The van der Waals surface area contributed by atoms with Crippen molar-refractivity contribution in [2.45, 2.75) is 9.79 Å². The molecule has 2 aliphatic heterocycles. The Balaban J connectivity index is 1.79. The molecular weight excluding hydrogens is 316 g/mol. The Morgan fingerprint density at radius 1 is 0.636 bits per heavy atom. The summed E-state index contributed by atoms with van der Waals surface area (Å²) in [5.74, 6) is -0.471. The van der Waals surface area contributed by atoms with Crippen molar-refractivity contribution in [1.29, 1.82) is 0 Å². The van der Waals surface area contributed by atoms with Gasteiger partial charge in [-0.05, 0) is 24.3 Å². The highest BCUT2D eigenvalue weighted by atomic mass is 32.2. The number of para-hydroxylation sites is 2. The van der Waals surface area contributed by atoms with Gasteiger partial charge in [0.1, 0.15) is 0 Å². The molecule has 2 aromatic carbocycles. The van der Waals surface area contributed by atoms with Crippen LogP contribution in [0.5, 0.6) is 0 Å². The topological polar surface area (TPSA) is 58.2 Å². The lowest BCUT2D eigenvalue weighted by Gasteiger charge is -2.24. The Bertz CT molecular complexity index is 776. The van der Waals surface area contributed by atoms with Crippen molar-refractivity contribution < 1.29 is 9.59 Å². The maximum Gasteiger partial charge on any atom is 0.263 e. The Hall–Kier alpha value is -2.18. The number of amides is 2. The van der Waals surface area contributed by atoms with Crippen molar-refractivity contribution in [3.8, 4) is 0 Å². The van der Waals surface area contributed by atoms with E-state index in [9.17, 15) is 9.59 Å². The number of carbonyl (C=O) groups is 2. The second kappa shape index (κ2) is 5.23. The third-order valence-corrected chi connectivity index (χ3v) is 5.78. The highest BCUT2D eigenvalue weighted by molar-refractivity contribution is 8.08. The van der Waals surface area contributed by atoms with Gasteiger partial charge in [0.25, 0.3) is 11.8 Å². The number of rotatable bonds is 0. The largest absolute Gasteiger partial charge is 0.320 e. The molecule has 22 heavy (non-hydrogen) atoms. The van der Waals surface area contributed by atoms with Gasteiger partial charge < -0.3 is 10.6 Å². The molecule has 0 saturated heterocycles. The number of benzene rings is 2. The summed E-state index contributed by atoms with van der Waals surface area (Å²) in [4.78, 5) is 27.4. The van der Waals surface area contributed by atoms with E-state index in [4.69, 9.17) is 0 Å². The quantitative estimate of drug-likeness (QED) is 0.725. The first kappa shape index (κ1) is 13.5. The van der Waals surface area contributed by atoms with Gasteiger partial charge in [-0.15, -0.1) is 0 Å². The van der Waals surface area contributed by atoms with E-state index in [-0.39, 0.29) is 11.8 Å². The molecule has 6 heteroatoms. The molecule has 0 bridgehead atoms. The lowest BCUT2D eigenvalue weighted by molar-refractivity contribution is -0.114. The average Bonchev–Trinajstić information content (AvgIpc) is 2.54. The van der Waals surface area contributed by atoms with Crippen LogP contribution in [-0.4, -0.2) is 11.8 Å². The molecule has 0 fully saturated rings. The average molecular weight is 326 g/mol. The van der Waals surface area contributed by atoms with E-state index in [0.717, 1.165) is 21.2 Å². The lowest BCUT2D eigenvalue weighted by Crippen LogP contribution is -2.24. The predicted molar refractivity (Wildman–Crippen MR) is 88.9 cm³/mol. The predicted octanol–water partition coefficient (Wildman–Crippen LogP) is 3.69. The van der Waals surface area contributed by atoms with E-state index < -0.39 is 0 Å². The van der Waals surface area contributed by atoms with E-state index >= 15 is 0 Å². The molecule has 2 amide bonds.